The molecule has 3 N–H and O–H groups in total. The maximum absolute atomic E-state index is 5.59. The Bertz CT molecular complexity index is 329. The summed E-state index contributed by atoms with van der Waals surface area (Å²) >= 11 is 0. The summed E-state index contributed by atoms with van der Waals surface area (Å²) in [6, 6.07) is 2.76. The number of nitrogen functional groups attached to an aromatic ring is 1. The average Bonchev–Trinajstić information content (AvgIpc) is 2.23. The maximum Gasteiger partial charge on any atom is 0.224 e. The summed E-state index contributed by atoms with van der Waals surface area (Å²) in [5, 5.41) is 3.18. The van der Waals surface area contributed by atoms with Crippen molar-refractivity contribution in [3.05, 3.63) is 12.3 Å². The van der Waals surface area contributed by atoms with E-state index in [9.17, 15) is 0 Å². The van der Waals surface area contributed by atoms with E-state index in [1.54, 1.807) is 12.3 Å². The summed E-state index contributed by atoms with van der Waals surface area (Å²) in [5.74, 6) is 1.09. The minimum Gasteiger partial charge on any atom is -0.384 e. The molecule has 17 heavy (non-hydrogen) atoms. The summed E-state index contributed by atoms with van der Waals surface area (Å²) in [5.41, 5.74) is 5.59. The molecular formula is C12H23N5. The molecule has 1 aromatic rings. The highest BCUT2D eigenvalue weighted by Crippen LogP contribution is 2.05. The number of anilines is 2. The smallest absolute Gasteiger partial charge is 0.224 e. The van der Waals surface area contributed by atoms with Gasteiger partial charge in [-0.05, 0) is 33.8 Å². The fourth-order valence-corrected chi connectivity index (χ4v) is 1.87. The van der Waals surface area contributed by atoms with Gasteiger partial charge in [-0.25, -0.2) is 4.98 Å². The van der Waals surface area contributed by atoms with Crippen LogP contribution in [0.5, 0.6) is 0 Å². The summed E-state index contributed by atoms with van der Waals surface area (Å²) in [6.45, 7) is 10.6. The van der Waals surface area contributed by atoms with Gasteiger partial charge >= 0.3 is 0 Å². The van der Waals surface area contributed by atoms with Gasteiger partial charge in [-0.3, -0.25) is 4.90 Å². The molecule has 0 amide bonds. The fraction of sp³-hybridized carbons (Fsp3) is 0.667. The molecule has 0 bridgehead atoms. The Kier molecular flexibility index (Phi) is 5.15. The molecule has 0 aliphatic heterocycles. The molecule has 0 saturated carbocycles. The molecule has 1 rings (SSSR count). The standard InChI is InChI=1S/C12H23N5/c1-9(2)17(10(3)4)8-7-15-12-14-6-5-11(13)16-12/h5-6,9-10H,7-8H2,1-4H3,(H3,13,14,15,16). The van der Waals surface area contributed by atoms with E-state index < -0.39 is 0 Å². The van der Waals surface area contributed by atoms with Gasteiger partial charge in [-0.2, -0.15) is 4.98 Å². The van der Waals surface area contributed by atoms with E-state index >= 15 is 0 Å². The first-order valence-corrected chi connectivity index (χ1v) is 6.09. The molecule has 5 heteroatoms. The molecular weight excluding hydrogens is 214 g/mol. The molecule has 0 unspecified atom stereocenters. The predicted molar refractivity (Wildman–Crippen MR) is 71.9 cm³/mol. The van der Waals surface area contributed by atoms with Crippen molar-refractivity contribution in [2.45, 2.75) is 39.8 Å². The SMILES string of the molecule is CC(C)N(CCNc1nccc(N)n1)C(C)C. The molecule has 0 aliphatic rings. The van der Waals surface area contributed by atoms with Crippen molar-refractivity contribution in [1.29, 1.82) is 0 Å². The molecule has 0 spiro atoms. The first kappa shape index (κ1) is 13.7. The third-order valence-corrected chi connectivity index (χ3v) is 2.66. The van der Waals surface area contributed by atoms with Gasteiger partial charge in [-0.1, -0.05) is 0 Å². The second kappa shape index (κ2) is 6.39. The lowest BCUT2D eigenvalue weighted by Crippen LogP contribution is -2.40. The van der Waals surface area contributed by atoms with Crippen LogP contribution in [-0.4, -0.2) is 40.0 Å². The predicted octanol–water partition coefficient (Wildman–Crippen LogP) is 1.59. The molecule has 1 aromatic heterocycles. The first-order chi connectivity index (χ1) is 8.00. The second-order valence-electron chi connectivity index (χ2n) is 4.66. The number of rotatable bonds is 6. The van der Waals surface area contributed by atoms with E-state index in [-0.39, 0.29) is 0 Å². The van der Waals surface area contributed by atoms with Gasteiger partial charge in [0.25, 0.3) is 0 Å². The largest absolute Gasteiger partial charge is 0.384 e. The highest BCUT2D eigenvalue weighted by atomic mass is 15.2. The number of nitrogens with two attached hydrogens (primary N) is 1. The van der Waals surface area contributed by atoms with Crippen LogP contribution in [0.1, 0.15) is 27.7 Å². The Labute approximate surface area is 103 Å². The Morgan fingerprint density at radius 3 is 2.47 bits per heavy atom. The zero-order valence-corrected chi connectivity index (χ0v) is 11.1. The van der Waals surface area contributed by atoms with Crippen molar-refractivity contribution >= 4 is 11.8 Å². The van der Waals surface area contributed by atoms with Crippen LogP contribution in [-0.2, 0) is 0 Å². The van der Waals surface area contributed by atoms with Crippen molar-refractivity contribution in [2.24, 2.45) is 0 Å². The normalized spacial score (nSPS) is 11.5. The van der Waals surface area contributed by atoms with E-state index in [0.29, 0.717) is 23.8 Å². The molecule has 96 valence electrons. The van der Waals surface area contributed by atoms with Crippen LogP contribution in [0.3, 0.4) is 0 Å². The van der Waals surface area contributed by atoms with Crippen molar-refractivity contribution < 1.29 is 0 Å². The van der Waals surface area contributed by atoms with E-state index in [1.807, 2.05) is 0 Å². The molecule has 0 radical (unpaired) electrons. The van der Waals surface area contributed by atoms with Gasteiger partial charge in [0.05, 0.1) is 0 Å². The van der Waals surface area contributed by atoms with Gasteiger partial charge in [0.2, 0.25) is 5.95 Å². The second-order valence-corrected chi connectivity index (χ2v) is 4.66. The van der Waals surface area contributed by atoms with E-state index in [0.717, 1.165) is 13.1 Å². The van der Waals surface area contributed by atoms with Crippen molar-refractivity contribution in [3.8, 4) is 0 Å². The van der Waals surface area contributed by atoms with Crippen LogP contribution >= 0.6 is 0 Å². The highest BCUT2D eigenvalue weighted by molar-refractivity contribution is 5.34. The minimum absolute atomic E-state index is 0.493. The first-order valence-electron chi connectivity index (χ1n) is 6.09. The lowest BCUT2D eigenvalue weighted by atomic mass is 10.2. The molecule has 1 heterocycles. The number of hydrogen-bond acceptors (Lipinski definition) is 5. The molecule has 0 fully saturated rings. The van der Waals surface area contributed by atoms with Crippen LogP contribution in [0.4, 0.5) is 11.8 Å². The van der Waals surface area contributed by atoms with Crippen LogP contribution in [0.15, 0.2) is 12.3 Å². The Hall–Kier alpha value is -1.36. The number of hydrogen-bond donors (Lipinski definition) is 2. The number of nitrogens with one attached hydrogen (secondary N) is 1. The van der Waals surface area contributed by atoms with Crippen LogP contribution in [0.2, 0.25) is 0 Å². The fourth-order valence-electron chi connectivity index (χ4n) is 1.87. The molecule has 0 saturated heterocycles. The average molecular weight is 237 g/mol. The third kappa shape index (κ3) is 4.56. The highest BCUT2D eigenvalue weighted by Gasteiger charge is 2.12. The van der Waals surface area contributed by atoms with Crippen LogP contribution in [0.25, 0.3) is 0 Å². The molecule has 5 nitrogen and oxygen atoms in total. The zero-order chi connectivity index (χ0) is 12.8. The summed E-state index contributed by atoms with van der Waals surface area (Å²) in [6.07, 6.45) is 1.66. The van der Waals surface area contributed by atoms with Crippen LogP contribution < -0.4 is 11.1 Å². The Morgan fingerprint density at radius 2 is 1.94 bits per heavy atom. The molecule has 0 aromatic carbocycles. The molecule has 0 aliphatic carbocycles. The van der Waals surface area contributed by atoms with Gasteiger partial charge < -0.3 is 11.1 Å². The van der Waals surface area contributed by atoms with Crippen molar-refractivity contribution in [3.63, 3.8) is 0 Å². The topological polar surface area (TPSA) is 67.1 Å². The van der Waals surface area contributed by atoms with Gasteiger partial charge in [-0.15, -0.1) is 0 Å². The minimum atomic E-state index is 0.493. The van der Waals surface area contributed by atoms with E-state index in [4.69, 9.17) is 5.73 Å². The monoisotopic (exact) mass is 237 g/mol. The summed E-state index contributed by atoms with van der Waals surface area (Å²) < 4.78 is 0. The lowest BCUT2D eigenvalue weighted by molar-refractivity contribution is 0.182. The summed E-state index contributed by atoms with van der Waals surface area (Å²) in [7, 11) is 0. The Balaban J connectivity index is 2.41. The Morgan fingerprint density at radius 1 is 1.29 bits per heavy atom. The van der Waals surface area contributed by atoms with E-state index in [2.05, 4.69) is 47.9 Å². The summed E-state index contributed by atoms with van der Waals surface area (Å²) in [4.78, 5) is 10.6. The lowest BCUT2D eigenvalue weighted by Gasteiger charge is -2.30. The third-order valence-electron chi connectivity index (χ3n) is 2.66. The quantitative estimate of drug-likeness (QED) is 0.786. The van der Waals surface area contributed by atoms with Gasteiger partial charge in [0, 0.05) is 31.4 Å². The van der Waals surface area contributed by atoms with Gasteiger partial charge in [0.15, 0.2) is 0 Å². The van der Waals surface area contributed by atoms with Gasteiger partial charge in [0.1, 0.15) is 5.82 Å². The van der Waals surface area contributed by atoms with Crippen LogP contribution in [0, 0.1) is 0 Å². The number of nitrogens with zero attached hydrogens (tertiary/aromatic N) is 3. The van der Waals surface area contributed by atoms with Crippen molar-refractivity contribution in [2.75, 3.05) is 24.1 Å². The molecule has 0 atom stereocenters. The van der Waals surface area contributed by atoms with E-state index in [1.165, 1.54) is 0 Å². The van der Waals surface area contributed by atoms with Crippen molar-refractivity contribution in [1.82, 2.24) is 14.9 Å². The maximum atomic E-state index is 5.59. The zero-order valence-electron chi connectivity index (χ0n) is 11.1. The number of aromatic nitrogens is 2.